The van der Waals surface area contributed by atoms with Crippen molar-refractivity contribution in [1.29, 1.82) is 0 Å². The lowest BCUT2D eigenvalue weighted by atomic mass is 10.0. The monoisotopic (exact) mass is 297 g/mol. The van der Waals surface area contributed by atoms with Gasteiger partial charge in [-0.2, -0.15) is 5.10 Å². The van der Waals surface area contributed by atoms with Crippen molar-refractivity contribution in [2.24, 2.45) is 5.10 Å². The van der Waals surface area contributed by atoms with E-state index < -0.39 is 0 Å². The van der Waals surface area contributed by atoms with Crippen molar-refractivity contribution >= 4 is 29.2 Å². The van der Waals surface area contributed by atoms with Gasteiger partial charge in [-0.25, -0.2) is 0 Å². The van der Waals surface area contributed by atoms with E-state index in [0.717, 1.165) is 11.3 Å². The van der Waals surface area contributed by atoms with E-state index >= 15 is 0 Å². The molecule has 2 aromatic carbocycles. The van der Waals surface area contributed by atoms with Gasteiger partial charge in [0.2, 0.25) is 0 Å². The van der Waals surface area contributed by atoms with Crippen LogP contribution in [0.5, 0.6) is 0 Å². The topological polar surface area (TPSA) is 36.4 Å². The Balaban J connectivity index is 1.86. The van der Waals surface area contributed by atoms with E-state index in [0.29, 0.717) is 11.0 Å². The van der Waals surface area contributed by atoms with Gasteiger partial charge in [0.1, 0.15) is 0 Å². The van der Waals surface area contributed by atoms with Gasteiger partial charge in [-0.05, 0) is 41.4 Å². The predicted molar refractivity (Wildman–Crippen MR) is 93.9 cm³/mol. The lowest BCUT2D eigenvalue weighted by Gasteiger charge is -2.06. The van der Waals surface area contributed by atoms with Crippen molar-refractivity contribution in [3.63, 3.8) is 0 Å². The molecule has 0 unspecified atom stereocenters. The molecule has 2 aromatic rings. The molecule has 0 saturated carbocycles. The van der Waals surface area contributed by atoms with Crippen LogP contribution < -0.4 is 10.7 Å². The maximum Gasteiger partial charge on any atom is 0.191 e. The van der Waals surface area contributed by atoms with Crippen molar-refractivity contribution in [3.05, 3.63) is 65.7 Å². The Labute approximate surface area is 131 Å². The predicted octanol–water partition coefficient (Wildman–Crippen LogP) is 4.13. The lowest BCUT2D eigenvalue weighted by molar-refractivity contribution is 0.866. The van der Waals surface area contributed by atoms with Gasteiger partial charge >= 0.3 is 0 Å². The molecule has 0 aliphatic rings. The zero-order valence-electron chi connectivity index (χ0n) is 12.2. The van der Waals surface area contributed by atoms with Crippen molar-refractivity contribution in [1.82, 2.24) is 5.43 Å². The molecule has 2 rings (SSSR count). The summed E-state index contributed by atoms with van der Waals surface area (Å²) in [6.45, 7) is 4.36. The fourth-order valence-corrected chi connectivity index (χ4v) is 1.98. The van der Waals surface area contributed by atoms with Gasteiger partial charge in [0.15, 0.2) is 5.11 Å². The fourth-order valence-electron chi connectivity index (χ4n) is 1.81. The normalized spacial score (nSPS) is 10.8. The molecule has 21 heavy (non-hydrogen) atoms. The van der Waals surface area contributed by atoms with E-state index in [1.54, 1.807) is 6.21 Å². The average molecular weight is 297 g/mol. The molecule has 0 atom stereocenters. The fraction of sp³-hybridized carbons (Fsp3) is 0.176. The Morgan fingerprint density at radius 1 is 1.05 bits per heavy atom. The van der Waals surface area contributed by atoms with Crippen LogP contribution in [0.15, 0.2) is 59.7 Å². The summed E-state index contributed by atoms with van der Waals surface area (Å²) in [6, 6.07) is 18.1. The Kier molecular flexibility index (Phi) is 5.46. The second kappa shape index (κ2) is 7.55. The quantitative estimate of drug-likeness (QED) is 0.506. The largest absolute Gasteiger partial charge is 0.331 e. The minimum Gasteiger partial charge on any atom is -0.331 e. The summed E-state index contributed by atoms with van der Waals surface area (Å²) in [7, 11) is 0. The minimum atomic E-state index is 0.469. The van der Waals surface area contributed by atoms with Crippen LogP contribution in [0.4, 0.5) is 5.69 Å². The van der Waals surface area contributed by atoms with Gasteiger partial charge in [-0.3, -0.25) is 5.43 Å². The number of hydrogen-bond acceptors (Lipinski definition) is 2. The molecular weight excluding hydrogens is 278 g/mol. The van der Waals surface area contributed by atoms with E-state index in [1.165, 1.54) is 5.56 Å². The van der Waals surface area contributed by atoms with E-state index in [-0.39, 0.29) is 0 Å². The van der Waals surface area contributed by atoms with Crippen LogP contribution in [0.3, 0.4) is 0 Å². The molecule has 2 N–H and O–H groups in total. The molecular formula is C17H19N3S. The average Bonchev–Trinajstić information content (AvgIpc) is 2.49. The molecule has 3 nitrogen and oxygen atoms in total. The first-order valence-corrected chi connectivity index (χ1v) is 7.31. The zero-order chi connectivity index (χ0) is 15.1. The zero-order valence-corrected chi connectivity index (χ0v) is 13.0. The highest BCUT2D eigenvalue weighted by Crippen LogP contribution is 2.13. The Hall–Kier alpha value is -2.20. The summed E-state index contributed by atoms with van der Waals surface area (Å²) in [5.74, 6) is 0.539. The van der Waals surface area contributed by atoms with Gasteiger partial charge < -0.3 is 5.32 Å². The molecule has 0 fully saturated rings. The number of para-hydroxylation sites is 1. The maximum atomic E-state index is 5.17. The van der Waals surface area contributed by atoms with Crippen molar-refractivity contribution in [2.75, 3.05) is 5.32 Å². The first kappa shape index (κ1) is 15.2. The molecule has 4 heteroatoms. The number of hydrogen-bond donors (Lipinski definition) is 2. The van der Waals surface area contributed by atoms with Gasteiger partial charge in [0.25, 0.3) is 0 Å². The van der Waals surface area contributed by atoms with Crippen LogP contribution in [0.1, 0.15) is 30.9 Å². The summed E-state index contributed by atoms with van der Waals surface area (Å²) in [5, 5.41) is 7.66. The molecule has 0 bridgehead atoms. The van der Waals surface area contributed by atoms with Gasteiger partial charge in [0.05, 0.1) is 6.21 Å². The number of rotatable bonds is 4. The third-order valence-corrected chi connectivity index (χ3v) is 3.21. The molecule has 0 heterocycles. The lowest BCUT2D eigenvalue weighted by Crippen LogP contribution is -2.23. The van der Waals surface area contributed by atoms with Crippen molar-refractivity contribution in [3.8, 4) is 0 Å². The number of anilines is 1. The first-order valence-electron chi connectivity index (χ1n) is 6.90. The summed E-state index contributed by atoms with van der Waals surface area (Å²) >= 11 is 5.17. The number of thiocarbonyl (C=S) groups is 1. The smallest absolute Gasteiger partial charge is 0.191 e. The molecule has 0 aromatic heterocycles. The van der Waals surface area contributed by atoms with Gasteiger partial charge in [0, 0.05) is 5.69 Å². The summed E-state index contributed by atoms with van der Waals surface area (Å²) in [6.07, 6.45) is 1.75. The SMILES string of the molecule is CC(C)c1ccc(/C=N\NC(=S)Nc2ccccc2)cc1. The number of nitrogens with one attached hydrogen (secondary N) is 2. The molecule has 0 saturated heterocycles. The Morgan fingerprint density at radius 2 is 1.71 bits per heavy atom. The second-order valence-corrected chi connectivity index (χ2v) is 5.42. The van der Waals surface area contributed by atoms with E-state index in [1.807, 2.05) is 42.5 Å². The number of benzene rings is 2. The van der Waals surface area contributed by atoms with Crippen molar-refractivity contribution in [2.45, 2.75) is 19.8 Å². The Bertz CT molecular complexity index is 604. The van der Waals surface area contributed by atoms with E-state index in [2.05, 4.69) is 41.8 Å². The third kappa shape index (κ3) is 5.00. The van der Waals surface area contributed by atoms with Crippen LogP contribution >= 0.6 is 12.2 Å². The van der Waals surface area contributed by atoms with E-state index in [9.17, 15) is 0 Å². The van der Waals surface area contributed by atoms with Gasteiger partial charge in [-0.15, -0.1) is 0 Å². The number of hydrazone groups is 1. The molecule has 0 amide bonds. The first-order chi connectivity index (χ1) is 10.1. The summed E-state index contributed by atoms with van der Waals surface area (Å²) in [5.41, 5.74) is 6.10. The summed E-state index contributed by atoms with van der Waals surface area (Å²) in [4.78, 5) is 0. The second-order valence-electron chi connectivity index (χ2n) is 5.01. The third-order valence-electron chi connectivity index (χ3n) is 3.01. The van der Waals surface area contributed by atoms with Crippen LogP contribution in [-0.4, -0.2) is 11.3 Å². The molecule has 108 valence electrons. The van der Waals surface area contributed by atoms with Gasteiger partial charge in [-0.1, -0.05) is 56.3 Å². The molecule has 0 radical (unpaired) electrons. The summed E-state index contributed by atoms with van der Waals surface area (Å²) < 4.78 is 0. The molecule has 0 aliphatic carbocycles. The van der Waals surface area contributed by atoms with Crippen LogP contribution in [-0.2, 0) is 0 Å². The van der Waals surface area contributed by atoms with Crippen molar-refractivity contribution < 1.29 is 0 Å². The highest BCUT2D eigenvalue weighted by Gasteiger charge is 1.98. The standard InChI is InChI=1S/C17H19N3S/c1-13(2)15-10-8-14(9-11-15)12-18-20-17(21)19-16-6-4-3-5-7-16/h3-13H,1-2H3,(H2,19,20,21)/b18-12-. The van der Waals surface area contributed by atoms with Crippen LogP contribution in [0.25, 0.3) is 0 Å². The Morgan fingerprint density at radius 3 is 2.33 bits per heavy atom. The van der Waals surface area contributed by atoms with Crippen LogP contribution in [0.2, 0.25) is 0 Å². The highest BCUT2D eigenvalue weighted by molar-refractivity contribution is 7.80. The van der Waals surface area contributed by atoms with E-state index in [4.69, 9.17) is 12.2 Å². The maximum absolute atomic E-state index is 5.17. The molecule has 0 spiro atoms. The number of nitrogens with zero attached hydrogens (tertiary/aromatic N) is 1. The molecule has 0 aliphatic heterocycles. The minimum absolute atomic E-state index is 0.469. The van der Waals surface area contributed by atoms with Crippen LogP contribution in [0, 0.1) is 0 Å². The highest BCUT2D eigenvalue weighted by atomic mass is 32.1.